The van der Waals surface area contributed by atoms with Crippen molar-refractivity contribution in [3.05, 3.63) is 23.8 Å². The minimum atomic E-state index is -0.415. The van der Waals surface area contributed by atoms with Crippen molar-refractivity contribution in [2.24, 2.45) is 50.2 Å². The summed E-state index contributed by atoms with van der Waals surface area (Å²) in [5.41, 5.74) is 1.73. The number of allylic oxidation sites excluding steroid dienone is 3. The summed E-state index contributed by atoms with van der Waals surface area (Å²) in [5.74, 6) is 1.11. The van der Waals surface area contributed by atoms with Crippen LogP contribution in [-0.4, -0.2) is 35.0 Å². The molecule has 5 rings (SSSR count). The molecule has 0 saturated heterocycles. The first-order chi connectivity index (χ1) is 17.6. The van der Waals surface area contributed by atoms with Crippen LogP contribution in [0.1, 0.15) is 113 Å². The Balaban J connectivity index is 1.55. The number of carbonyl (C=O) groups is 1. The van der Waals surface area contributed by atoms with E-state index in [-0.39, 0.29) is 45.8 Å². The number of hydrogen-bond donors (Lipinski definition) is 2. The van der Waals surface area contributed by atoms with E-state index in [2.05, 4.69) is 54.5 Å². The Morgan fingerprint density at radius 2 is 1.68 bits per heavy atom. The highest BCUT2D eigenvalue weighted by molar-refractivity contribution is 5.82. The van der Waals surface area contributed by atoms with Crippen LogP contribution >= 0.6 is 0 Å². The molecule has 0 aromatic heterocycles. The van der Waals surface area contributed by atoms with Gasteiger partial charge in [-0.05, 0) is 104 Å². The first-order valence-electron chi connectivity index (χ1n) is 15.4. The number of fused-ring (bicyclic) bond motifs is 7. The van der Waals surface area contributed by atoms with Crippen LogP contribution in [0.5, 0.6) is 0 Å². The fourth-order valence-electron chi connectivity index (χ4n) is 11.2. The summed E-state index contributed by atoms with van der Waals surface area (Å²) in [6, 6.07) is 0. The Morgan fingerprint density at radius 3 is 2.34 bits per heavy atom. The zero-order valence-corrected chi connectivity index (χ0v) is 25.4. The van der Waals surface area contributed by atoms with Gasteiger partial charge in [-0.25, -0.2) is 4.79 Å². The number of aliphatic hydroxyl groups excluding tert-OH is 2. The molecule has 0 spiro atoms. The van der Waals surface area contributed by atoms with Gasteiger partial charge in [-0.15, -0.1) is 0 Å². The molecule has 0 aromatic rings. The molecule has 0 aromatic carbocycles. The third-order valence-electron chi connectivity index (χ3n) is 13.8. The lowest BCUT2D eigenvalue weighted by Crippen LogP contribution is -2.66. The normalized spacial score (nSPS) is 51.7. The van der Waals surface area contributed by atoms with Crippen LogP contribution in [0.4, 0.5) is 0 Å². The predicted molar refractivity (Wildman–Crippen MR) is 152 cm³/mol. The van der Waals surface area contributed by atoms with E-state index < -0.39 is 11.5 Å². The van der Waals surface area contributed by atoms with Gasteiger partial charge in [0.15, 0.2) is 0 Å². The fourth-order valence-corrected chi connectivity index (χ4v) is 11.2. The van der Waals surface area contributed by atoms with Crippen LogP contribution in [0.2, 0.25) is 0 Å². The molecule has 5 aliphatic carbocycles. The zero-order chi connectivity index (χ0) is 27.9. The number of carbonyl (C=O) groups excluding carboxylic acids is 1. The maximum absolute atomic E-state index is 12.6. The molecular weight excluding hydrogens is 472 g/mol. The average Bonchev–Trinajstić information content (AvgIpc) is 2.83. The Labute approximate surface area is 231 Å². The highest BCUT2D eigenvalue weighted by Crippen LogP contribution is 2.75. The monoisotopic (exact) mass is 526 g/mol. The summed E-state index contributed by atoms with van der Waals surface area (Å²) in [4.78, 5) is 12.6. The lowest BCUT2D eigenvalue weighted by Gasteiger charge is -2.71. The second-order valence-electron chi connectivity index (χ2n) is 16.1. The second-order valence-corrected chi connectivity index (χ2v) is 16.1. The second kappa shape index (κ2) is 8.93. The Hall–Kier alpha value is -1.13. The van der Waals surface area contributed by atoms with E-state index in [0.29, 0.717) is 17.8 Å². The highest BCUT2D eigenvalue weighted by atomic mass is 16.5. The summed E-state index contributed by atoms with van der Waals surface area (Å²) < 4.78 is 6.22. The van der Waals surface area contributed by atoms with Crippen molar-refractivity contribution in [1.29, 1.82) is 0 Å². The molecule has 4 nitrogen and oxygen atoms in total. The van der Waals surface area contributed by atoms with Gasteiger partial charge in [0.25, 0.3) is 0 Å². The first-order valence-corrected chi connectivity index (χ1v) is 15.4. The number of esters is 1. The van der Waals surface area contributed by atoms with Crippen molar-refractivity contribution in [2.75, 3.05) is 6.61 Å². The molecule has 5 aliphatic rings. The van der Waals surface area contributed by atoms with Crippen LogP contribution in [0.15, 0.2) is 23.8 Å². The Bertz CT molecular complexity index is 1030. The maximum atomic E-state index is 12.6. The molecule has 0 heterocycles. The zero-order valence-electron chi connectivity index (χ0n) is 25.4. The largest absolute Gasteiger partial charge is 0.459 e. The summed E-state index contributed by atoms with van der Waals surface area (Å²) in [6.07, 6.45) is 15.0. The summed E-state index contributed by atoms with van der Waals surface area (Å²) in [7, 11) is 0. The SMILES string of the molecule is C/C=C/C(=O)O[C@@H]1CC(C)(C)C[C@@H]2C3=CC[C@@H]4[C@@]5(C)CC[C@H](O)[C@@](C)(CO)C5CC[C@@]4(C)[C@]3(C)CC[C@]21C. The topological polar surface area (TPSA) is 66.8 Å². The molecule has 4 saturated carbocycles. The van der Waals surface area contributed by atoms with Gasteiger partial charge in [0, 0.05) is 16.9 Å². The maximum Gasteiger partial charge on any atom is 0.330 e. The van der Waals surface area contributed by atoms with Gasteiger partial charge in [0.1, 0.15) is 6.10 Å². The van der Waals surface area contributed by atoms with E-state index >= 15 is 0 Å². The molecular formula is C34H54O4. The van der Waals surface area contributed by atoms with Crippen LogP contribution in [0.3, 0.4) is 0 Å². The van der Waals surface area contributed by atoms with Gasteiger partial charge in [-0.2, -0.15) is 0 Å². The standard InChI is InChI=1S/C34H54O4/c1-9-10-28(37)38-27-20-29(2,3)19-23-22-11-12-25-31(5)15-14-26(36)32(6,21-35)24(31)13-16-34(25,8)33(22,7)18-17-30(23,27)4/h9-11,23-27,35-36H,12-21H2,1-8H3/b10-9+/t23-,24?,25-,26+,27-,30-,31+,32+,33-,34-/m1/s1. The lowest BCUT2D eigenvalue weighted by atomic mass is 9.33. The van der Waals surface area contributed by atoms with E-state index in [9.17, 15) is 15.0 Å². The number of rotatable bonds is 3. The van der Waals surface area contributed by atoms with Crippen molar-refractivity contribution in [2.45, 2.75) is 125 Å². The summed E-state index contributed by atoms with van der Waals surface area (Å²) in [5, 5.41) is 21.5. The van der Waals surface area contributed by atoms with Crippen molar-refractivity contribution >= 4 is 5.97 Å². The minimum absolute atomic E-state index is 0.0349. The molecule has 38 heavy (non-hydrogen) atoms. The van der Waals surface area contributed by atoms with E-state index in [1.54, 1.807) is 17.7 Å². The van der Waals surface area contributed by atoms with Gasteiger partial charge < -0.3 is 14.9 Å². The molecule has 10 atom stereocenters. The molecule has 4 fully saturated rings. The van der Waals surface area contributed by atoms with Crippen molar-refractivity contribution < 1.29 is 19.7 Å². The third-order valence-corrected chi connectivity index (χ3v) is 13.8. The van der Waals surface area contributed by atoms with Crippen LogP contribution in [0, 0.1) is 50.2 Å². The quantitative estimate of drug-likeness (QED) is 0.231. The molecule has 214 valence electrons. The van der Waals surface area contributed by atoms with Crippen molar-refractivity contribution in [3.8, 4) is 0 Å². The lowest BCUT2D eigenvalue weighted by molar-refractivity contribution is -0.219. The Kier molecular flexibility index (Phi) is 6.68. The number of ether oxygens (including phenoxy) is 1. The van der Waals surface area contributed by atoms with E-state index in [1.165, 1.54) is 0 Å². The first kappa shape index (κ1) is 28.4. The molecule has 4 heteroatoms. The van der Waals surface area contributed by atoms with Gasteiger partial charge in [-0.1, -0.05) is 66.2 Å². The number of hydrogen-bond acceptors (Lipinski definition) is 4. The van der Waals surface area contributed by atoms with Crippen LogP contribution < -0.4 is 0 Å². The molecule has 0 bridgehead atoms. The van der Waals surface area contributed by atoms with Gasteiger partial charge in [0.05, 0.1) is 12.7 Å². The average molecular weight is 527 g/mol. The minimum Gasteiger partial charge on any atom is -0.459 e. The summed E-state index contributed by atoms with van der Waals surface area (Å²) in [6.45, 7) is 18.9. The van der Waals surface area contributed by atoms with Crippen LogP contribution in [0.25, 0.3) is 0 Å². The fraction of sp³-hybridized carbons (Fsp3) is 0.853. The van der Waals surface area contributed by atoms with Crippen molar-refractivity contribution in [1.82, 2.24) is 0 Å². The number of aliphatic hydroxyl groups is 2. The Morgan fingerprint density at radius 1 is 0.974 bits per heavy atom. The summed E-state index contributed by atoms with van der Waals surface area (Å²) >= 11 is 0. The molecule has 2 N–H and O–H groups in total. The van der Waals surface area contributed by atoms with E-state index in [4.69, 9.17) is 4.74 Å². The highest BCUT2D eigenvalue weighted by Gasteiger charge is 2.69. The van der Waals surface area contributed by atoms with E-state index in [0.717, 1.165) is 57.8 Å². The van der Waals surface area contributed by atoms with E-state index in [1.807, 2.05) is 6.92 Å². The van der Waals surface area contributed by atoms with Gasteiger partial charge in [-0.3, -0.25) is 0 Å². The van der Waals surface area contributed by atoms with Gasteiger partial charge >= 0.3 is 5.97 Å². The smallest absolute Gasteiger partial charge is 0.330 e. The molecule has 0 radical (unpaired) electrons. The van der Waals surface area contributed by atoms with Crippen molar-refractivity contribution in [3.63, 3.8) is 0 Å². The van der Waals surface area contributed by atoms with Crippen LogP contribution in [-0.2, 0) is 9.53 Å². The third kappa shape index (κ3) is 3.71. The predicted octanol–water partition coefficient (Wildman–Crippen LogP) is 7.24. The van der Waals surface area contributed by atoms with Gasteiger partial charge in [0.2, 0.25) is 0 Å². The molecule has 0 aliphatic heterocycles. The molecule has 1 unspecified atom stereocenters. The molecule has 0 amide bonds.